The number of methoxy groups -OCH3 is 1. The minimum atomic E-state index is -0.243. The molecule has 0 bridgehead atoms. The normalized spacial score (nSPS) is 14.2. The quantitative estimate of drug-likeness (QED) is 0.774. The molecule has 1 atom stereocenters. The van der Waals surface area contributed by atoms with E-state index >= 15 is 0 Å². The second kappa shape index (κ2) is 7.49. The number of rotatable bonds is 8. The fraction of sp³-hybridized carbons (Fsp3) is 0.625. The van der Waals surface area contributed by atoms with Gasteiger partial charge in [-0.3, -0.25) is 0 Å². The summed E-state index contributed by atoms with van der Waals surface area (Å²) in [6.07, 6.45) is 4.98. The number of halogens is 1. The number of nitrogens with two attached hydrogens (primary N) is 1. The van der Waals surface area contributed by atoms with Gasteiger partial charge in [0.15, 0.2) is 11.6 Å². The van der Waals surface area contributed by atoms with E-state index in [0.29, 0.717) is 24.3 Å². The second-order valence-corrected chi connectivity index (χ2v) is 5.27. The van der Waals surface area contributed by atoms with Gasteiger partial charge in [-0.15, -0.1) is 0 Å². The van der Waals surface area contributed by atoms with Gasteiger partial charge in [0.1, 0.15) is 0 Å². The molecule has 108 valence electrons. The predicted molar refractivity (Wildman–Crippen MR) is 78.0 cm³/mol. The van der Waals surface area contributed by atoms with Gasteiger partial charge >= 0.3 is 0 Å². The molecule has 1 aromatic rings. The summed E-state index contributed by atoms with van der Waals surface area (Å²) in [5.41, 5.74) is 6.69. The van der Waals surface area contributed by atoms with E-state index in [-0.39, 0.29) is 11.2 Å². The first kappa shape index (κ1) is 16.0. The van der Waals surface area contributed by atoms with Gasteiger partial charge in [-0.05, 0) is 42.9 Å². The minimum Gasteiger partial charge on any atom is -0.494 e. The maximum Gasteiger partial charge on any atom is 0.168 e. The second-order valence-electron chi connectivity index (χ2n) is 5.27. The van der Waals surface area contributed by atoms with Crippen molar-refractivity contribution in [2.75, 3.05) is 13.7 Å². The van der Waals surface area contributed by atoms with Crippen molar-refractivity contribution in [3.63, 3.8) is 0 Å². The monoisotopic (exact) mass is 267 g/mol. The summed E-state index contributed by atoms with van der Waals surface area (Å²) in [6, 6.07) is 5.33. The van der Waals surface area contributed by atoms with E-state index in [4.69, 9.17) is 10.5 Å². The molecule has 3 heteroatoms. The molecule has 0 aliphatic heterocycles. The average molecular weight is 267 g/mol. The predicted octanol–water partition coefficient (Wildman–Crippen LogP) is 3.92. The zero-order valence-electron chi connectivity index (χ0n) is 12.3. The zero-order chi connectivity index (χ0) is 14.3. The van der Waals surface area contributed by atoms with Crippen LogP contribution < -0.4 is 10.5 Å². The van der Waals surface area contributed by atoms with Crippen molar-refractivity contribution in [2.45, 2.75) is 46.0 Å². The van der Waals surface area contributed by atoms with Gasteiger partial charge in [-0.1, -0.05) is 38.8 Å². The fourth-order valence-electron chi connectivity index (χ4n) is 2.51. The molecular weight excluding hydrogens is 241 g/mol. The fourth-order valence-corrected chi connectivity index (χ4v) is 2.51. The van der Waals surface area contributed by atoms with Crippen molar-refractivity contribution in [2.24, 2.45) is 11.1 Å². The highest BCUT2D eigenvalue weighted by Crippen LogP contribution is 2.34. The van der Waals surface area contributed by atoms with E-state index in [2.05, 4.69) is 13.8 Å². The van der Waals surface area contributed by atoms with Crippen LogP contribution in [-0.4, -0.2) is 13.7 Å². The van der Waals surface area contributed by atoms with Gasteiger partial charge in [0, 0.05) is 0 Å². The highest BCUT2D eigenvalue weighted by molar-refractivity contribution is 5.31. The summed E-state index contributed by atoms with van der Waals surface area (Å²) < 4.78 is 19.3. The Kier molecular flexibility index (Phi) is 6.29. The molecule has 0 heterocycles. The molecule has 0 saturated carbocycles. The van der Waals surface area contributed by atoms with Crippen LogP contribution in [0.3, 0.4) is 0 Å². The lowest BCUT2D eigenvalue weighted by Crippen LogP contribution is -2.32. The molecule has 0 aliphatic rings. The minimum absolute atomic E-state index is 0.00319. The Morgan fingerprint density at radius 2 is 2.05 bits per heavy atom. The number of hydrogen-bond donors (Lipinski definition) is 1. The Bertz CT molecular complexity index is 388. The molecular formula is C16H26FNO. The van der Waals surface area contributed by atoms with Crippen LogP contribution in [0.25, 0.3) is 0 Å². The van der Waals surface area contributed by atoms with Crippen LogP contribution >= 0.6 is 0 Å². The summed E-state index contributed by atoms with van der Waals surface area (Å²) in [7, 11) is 1.50. The molecule has 2 nitrogen and oxygen atoms in total. The summed E-state index contributed by atoms with van der Waals surface area (Å²) in [6.45, 7) is 4.91. The maximum absolute atomic E-state index is 14.2. The van der Waals surface area contributed by atoms with E-state index in [0.717, 1.165) is 25.7 Å². The van der Waals surface area contributed by atoms with Crippen molar-refractivity contribution in [3.05, 3.63) is 29.6 Å². The summed E-state index contributed by atoms with van der Waals surface area (Å²) in [4.78, 5) is 0. The van der Waals surface area contributed by atoms with Crippen LogP contribution in [0, 0.1) is 11.2 Å². The first-order valence-corrected chi connectivity index (χ1v) is 7.14. The first-order chi connectivity index (χ1) is 9.12. The molecule has 19 heavy (non-hydrogen) atoms. The highest BCUT2D eigenvalue weighted by atomic mass is 19.1. The van der Waals surface area contributed by atoms with Crippen molar-refractivity contribution in [1.29, 1.82) is 0 Å². The molecule has 0 spiro atoms. The standard InChI is InChI=1S/C16H26FNO/c1-4-6-10-16(5-2,12-18)11-13-8-7-9-14(19-3)15(13)17/h7-9H,4-6,10-12,18H2,1-3H3. The van der Waals surface area contributed by atoms with E-state index in [1.807, 2.05) is 12.1 Å². The van der Waals surface area contributed by atoms with Crippen molar-refractivity contribution in [1.82, 2.24) is 0 Å². The highest BCUT2D eigenvalue weighted by Gasteiger charge is 2.28. The van der Waals surface area contributed by atoms with E-state index in [9.17, 15) is 4.39 Å². The van der Waals surface area contributed by atoms with Crippen LogP contribution in [0.5, 0.6) is 5.75 Å². The largest absolute Gasteiger partial charge is 0.494 e. The molecule has 1 unspecified atom stereocenters. The van der Waals surface area contributed by atoms with Crippen molar-refractivity contribution < 1.29 is 9.13 Å². The Balaban J connectivity index is 2.96. The van der Waals surface area contributed by atoms with Crippen molar-refractivity contribution >= 4 is 0 Å². The van der Waals surface area contributed by atoms with Gasteiger partial charge in [-0.25, -0.2) is 4.39 Å². The molecule has 0 aromatic heterocycles. The molecule has 0 fully saturated rings. The van der Waals surface area contributed by atoms with Gasteiger partial charge in [-0.2, -0.15) is 0 Å². The van der Waals surface area contributed by atoms with Gasteiger partial charge in [0.05, 0.1) is 7.11 Å². The molecule has 0 radical (unpaired) electrons. The maximum atomic E-state index is 14.2. The van der Waals surface area contributed by atoms with Crippen LogP contribution in [0.2, 0.25) is 0 Å². The molecule has 2 N–H and O–H groups in total. The smallest absolute Gasteiger partial charge is 0.168 e. The topological polar surface area (TPSA) is 35.2 Å². The lowest BCUT2D eigenvalue weighted by atomic mass is 9.75. The Hall–Kier alpha value is -1.09. The Morgan fingerprint density at radius 3 is 2.58 bits per heavy atom. The summed E-state index contributed by atoms with van der Waals surface area (Å²) in [5, 5.41) is 0. The summed E-state index contributed by atoms with van der Waals surface area (Å²) in [5.74, 6) is 0.0720. The Morgan fingerprint density at radius 1 is 1.32 bits per heavy atom. The van der Waals surface area contributed by atoms with E-state index in [1.54, 1.807) is 6.07 Å². The molecule has 0 aliphatic carbocycles. The van der Waals surface area contributed by atoms with Crippen LogP contribution in [-0.2, 0) is 6.42 Å². The van der Waals surface area contributed by atoms with Crippen LogP contribution in [0.1, 0.15) is 45.1 Å². The molecule has 1 rings (SSSR count). The van der Waals surface area contributed by atoms with E-state index < -0.39 is 0 Å². The number of hydrogen-bond acceptors (Lipinski definition) is 2. The molecule has 0 amide bonds. The van der Waals surface area contributed by atoms with Crippen LogP contribution in [0.15, 0.2) is 18.2 Å². The van der Waals surface area contributed by atoms with Gasteiger partial charge in [0.25, 0.3) is 0 Å². The van der Waals surface area contributed by atoms with Gasteiger partial charge in [0.2, 0.25) is 0 Å². The van der Waals surface area contributed by atoms with Crippen molar-refractivity contribution in [3.8, 4) is 5.75 Å². The zero-order valence-corrected chi connectivity index (χ0v) is 12.3. The first-order valence-electron chi connectivity index (χ1n) is 7.14. The van der Waals surface area contributed by atoms with Gasteiger partial charge < -0.3 is 10.5 Å². The SMILES string of the molecule is CCCCC(CC)(CN)Cc1cccc(OC)c1F. The summed E-state index contributed by atoms with van der Waals surface area (Å²) >= 11 is 0. The average Bonchev–Trinajstić information content (AvgIpc) is 2.45. The lowest BCUT2D eigenvalue weighted by molar-refractivity contribution is 0.247. The number of ether oxygens (including phenoxy) is 1. The third-order valence-electron chi connectivity index (χ3n) is 4.07. The molecule has 1 aromatic carbocycles. The van der Waals surface area contributed by atoms with E-state index in [1.165, 1.54) is 7.11 Å². The number of unbranched alkanes of at least 4 members (excludes halogenated alkanes) is 1. The molecule has 0 saturated heterocycles. The number of benzene rings is 1. The van der Waals surface area contributed by atoms with Crippen LogP contribution in [0.4, 0.5) is 4.39 Å². The Labute approximate surface area is 116 Å². The third kappa shape index (κ3) is 3.93. The third-order valence-corrected chi connectivity index (χ3v) is 4.07. The lowest BCUT2D eigenvalue weighted by Gasteiger charge is -2.32.